The van der Waals surface area contributed by atoms with E-state index in [0.717, 1.165) is 35.7 Å². The molecule has 1 heterocycles. The molecule has 1 fully saturated rings. The highest BCUT2D eigenvalue weighted by atomic mass is 32.1. The molecule has 1 aromatic rings. The predicted molar refractivity (Wildman–Crippen MR) is 95.6 cm³/mol. The first-order valence-electron chi connectivity index (χ1n) is 8.56. The van der Waals surface area contributed by atoms with Crippen LogP contribution in [0.1, 0.15) is 60.5 Å². The lowest BCUT2D eigenvalue weighted by Gasteiger charge is -2.21. The van der Waals surface area contributed by atoms with Gasteiger partial charge in [0.25, 0.3) is 0 Å². The van der Waals surface area contributed by atoms with Crippen LogP contribution in [0.5, 0.6) is 0 Å². The lowest BCUT2D eigenvalue weighted by molar-refractivity contribution is 0.332. The maximum absolute atomic E-state index is 4.55. The molecule has 0 atom stereocenters. The average Bonchev–Trinajstić information content (AvgIpc) is 2.86. The van der Waals surface area contributed by atoms with E-state index in [9.17, 15) is 0 Å². The SMILES string of the molecule is CN=C(NCCCC1CCCCC1)NCc1nc(C)c(C)s1. The molecule has 0 bridgehead atoms. The highest BCUT2D eigenvalue weighted by Crippen LogP contribution is 2.26. The number of guanidine groups is 1. The zero-order valence-corrected chi connectivity index (χ0v) is 15.1. The standard InChI is InChI=1S/C17H30N4S/c1-13-14(2)22-16(21-13)12-20-17(18-3)19-11-7-10-15-8-5-4-6-9-15/h15H,4-12H2,1-3H3,(H2,18,19,20). The van der Waals surface area contributed by atoms with Crippen molar-refractivity contribution in [3.8, 4) is 0 Å². The van der Waals surface area contributed by atoms with E-state index in [1.807, 2.05) is 7.05 Å². The molecule has 0 spiro atoms. The van der Waals surface area contributed by atoms with Crippen LogP contribution in [-0.2, 0) is 6.54 Å². The van der Waals surface area contributed by atoms with Gasteiger partial charge in [-0.1, -0.05) is 32.1 Å². The van der Waals surface area contributed by atoms with Gasteiger partial charge in [0.15, 0.2) is 5.96 Å². The van der Waals surface area contributed by atoms with Crippen LogP contribution in [0.25, 0.3) is 0 Å². The molecular weight excluding hydrogens is 292 g/mol. The number of aromatic nitrogens is 1. The summed E-state index contributed by atoms with van der Waals surface area (Å²) in [5.74, 6) is 1.85. The molecule has 0 aromatic carbocycles. The Morgan fingerprint density at radius 3 is 2.64 bits per heavy atom. The highest BCUT2D eigenvalue weighted by Gasteiger charge is 2.12. The first kappa shape index (κ1) is 17.3. The monoisotopic (exact) mass is 322 g/mol. The molecule has 5 heteroatoms. The van der Waals surface area contributed by atoms with Gasteiger partial charge in [0.2, 0.25) is 0 Å². The Morgan fingerprint density at radius 2 is 2.00 bits per heavy atom. The molecule has 0 amide bonds. The summed E-state index contributed by atoms with van der Waals surface area (Å²) in [5, 5.41) is 7.89. The third-order valence-electron chi connectivity index (χ3n) is 4.51. The van der Waals surface area contributed by atoms with Gasteiger partial charge in [-0.15, -0.1) is 11.3 Å². The number of rotatable bonds is 6. The van der Waals surface area contributed by atoms with E-state index in [2.05, 4.69) is 34.5 Å². The Kier molecular flexibility index (Phi) is 7.16. The number of aryl methyl sites for hydroxylation is 2. The molecule has 22 heavy (non-hydrogen) atoms. The van der Waals surface area contributed by atoms with Gasteiger partial charge in [-0.05, 0) is 32.6 Å². The van der Waals surface area contributed by atoms with Crippen molar-refractivity contribution >= 4 is 17.3 Å². The van der Waals surface area contributed by atoms with Crippen molar-refractivity contribution in [2.75, 3.05) is 13.6 Å². The summed E-state index contributed by atoms with van der Waals surface area (Å²) >= 11 is 1.76. The number of nitrogens with zero attached hydrogens (tertiary/aromatic N) is 2. The van der Waals surface area contributed by atoms with Crippen LogP contribution in [0.2, 0.25) is 0 Å². The van der Waals surface area contributed by atoms with Gasteiger partial charge < -0.3 is 10.6 Å². The van der Waals surface area contributed by atoms with E-state index in [0.29, 0.717) is 0 Å². The Morgan fingerprint density at radius 1 is 1.23 bits per heavy atom. The van der Waals surface area contributed by atoms with Crippen molar-refractivity contribution in [2.45, 2.75) is 65.3 Å². The molecular formula is C17H30N4S. The highest BCUT2D eigenvalue weighted by molar-refractivity contribution is 7.11. The minimum absolute atomic E-state index is 0.752. The Hall–Kier alpha value is -1.10. The van der Waals surface area contributed by atoms with Crippen LogP contribution in [0.4, 0.5) is 0 Å². The van der Waals surface area contributed by atoms with Crippen molar-refractivity contribution in [2.24, 2.45) is 10.9 Å². The molecule has 0 unspecified atom stereocenters. The number of nitrogens with one attached hydrogen (secondary N) is 2. The summed E-state index contributed by atoms with van der Waals surface area (Å²) in [6.45, 7) is 5.94. The third kappa shape index (κ3) is 5.59. The summed E-state index contributed by atoms with van der Waals surface area (Å²) in [7, 11) is 1.83. The topological polar surface area (TPSA) is 49.3 Å². The average molecular weight is 323 g/mol. The number of hydrogen-bond acceptors (Lipinski definition) is 3. The molecule has 124 valence electrons. The van der Waals surface area contributed by atoms with Gasteiger partial charge in [0.1, 0.15) is 5.01 Å². The normalized spacial score (nSPS) is 16.8. The predicted octanol–water partition coefficient (Wildman–Crippen LogP) is 3.79. The molecule has 2 N–H and O–H groups in total. The largest absolute Gasteiger partial charge is 0.356 e. The van der Waals surface area contributed by atoms with Crippen LogP contribution < -0.4 is 10.6 Å². The van der Waals surface area contributed by atoms with E-state index in [4.69, 9.17) is 0 Å². The first-order chi connectivity index (χ1) is 10.7. The van der Waals surface area contributed by atoms with Crippen molar-refractivity contribution in [3.05, 3.63) is 15.6 Å². The van der Waals surface area contributed by atoms with Crippen LogP contribution in [-0.4, -0.2) is 24.5 Å². The van der Waals surface area contributed by atoms with Crippen LogP contribution >= 0.6 is 11.3 Å². The van der Waals surface area contributed by atoms with Crippen molar-refractivity contribution in [3.63, 3.8) is 0 Å². The van der Waals surface area contributed by atoms with Gasteiger partial charge >= 0.3 is 0 Å². The molecule has 2 rings (SSSR count). The minimum Gasteiger partial charge on any atom is -0.356 e. The Balaban J connectivity index is 1.62. The smallest absolute Gasteiger partial charge is 0.191 e. The molecule has 1 saturated carbocycles. The molecule has 0 radical (unpaired) electrons. The van der Waals surface area contributed by atoms with Gasteiger partial charge in [-0.2, -0.15) is 0 Å². The fourth-order valence-corrected chi connectivity index (χ4v) is 3.94. The number of thiazole rings is 1. The molecule has 0 aliphatic heterocycles. The Labute approximate surface area is 138 Å². The molecule has 1 aliphatic rings. The second-order valence-corrected chi connectivity index (χ2v) is 7.54. The van der Waals surface area contributed by atoms with E-state index in [1.54, 1.807) is 11.3 Å². The quantitative estimate of drug-likeness (QED) is 0.476. The zero-order chi connectivity index (χ0) is 15.8. The maximum atomic E-state index is 4.55. The van der Waals surface area contributed by atoms with Crippen LogP contribution in [0.3, 0.4) is 0 Å². The van der Waals surface area contributed by atoms with Gasteiger partial charge in [0.05, 0.1) is 12.2 Å². The lowest BCUT2D eigenvalue weighted by atomic mass is 9.86. The second-order valence-electron chi connectivity index (χ2n) is 6.25. The van der Waals surface area contributed by atoms with E-state index in [1.165, 1.54) is 49.8 Å². The Bertz CT molecular complexity index is 456. The van der Waals surface area contributed by atoms with Gasteiger partial charge in [-0.3, -0.25) is 4.99 Å². The fourth-order valence-electron chi connectivity index (χ4n) is 3.07. The summed E-state index contributed by atoms with van der Waals surface area (Å²) in [4.78, 5) is 10.1. The van der Waals surface area contributed by atoms with Gasteiger partial charge in [0, 0.05) is 18.5 Å². The van der Waals surface area contributed by atoms with E-state index in [-0.39, 0.29) is 0 Å². The van der Waals surface area contributed by atoms with Crippen molar-refractivity contribution in [1.29, 1.82) is 0 Å². The summed E-state index contributed by atoms with van der Waals surface area (Å²) in [5.41, 5.74) is 1.14. The van der Waals surface area contributed by atoms with Crippen LogP contribution in [0, 0.1) is 19.8 Å². The lowest BCUT2D eigenvalue weighted by Crippen LogP contribution is -2.37. The van der Waals surface area contributed by atoms with Crippen molar-refractivity contribution < 1.29 is 0 Å². The maximum Gasteiger partial charge on any atom is 0.191 e. The van der Waals surface area contributed by atoms with Crippen LogP contribution in [0.15, 0.2) is 4.99 Å². The van der Waals surface area contributed by atoms with E-state index >= 15 is 0 Å². The summed E-state index contributed by atoms with van der Waals surface area (Å²) < 4.78 is 0. The molecule has 4 nitrogen and oxygen atoms in total. The molecule has 1 aliphatic carbocycles. The fraction of sp³-hybridized carbons (Fsp3) is 0.765. The minimum atomic E-state index is 0.752. The summed E-state index contributed by atoms with van der Waals surface area (Å²) in [6.07, 6.45) is 9.80. The number of aliphatic imine (C=N–C) groups is 1. The first-order valence-corrected chi connectivity index (χ1v) is 9.38. The van der Waals surface area contributed by atoms with Crippen molar-refractivity contribution in [1.82, 2.24) is 15.6 Å². The van der Waals surface area contributed by atoms with E-state index < -0.39 is 0 Å². The summed E-state index contributed by atoms with van der Waals surface area (Å²) in [6, 6.07) is 0. The zero-order valence-electron chi connectivity index (χ0n) is 14.2. The number of hydrogen-bond donors (Lipinski definition) is 2. The molecule has 0 saturated heterocycles. The second kappa shape index (κ2) is 9.13. The molecule has 1 aromatic heterocycles. The van der Waals surface area contributed by atoms with Gasteiger partial charge in [-0.25, -0.2) is 4.98 Å². The third-order valence-corrected chi connectivity index (χ3v) is 5.58.